The Kier molecular flexibility index (Phi) is 7.83. The molecule has 0 aliphatic rings. The summed E-state index contributed by atoms with van der Waals surface area (Å²) in [7, 11) is -7.56. The van der Waals surface area contributed by atoms with Gasteiger partial charge in [0.2, 0.25) is 15.9 Å². The van der Waals surface area contributed by atoms with Crippen LogP contribution in [0.2, 0.25) is 0 Å². The summed E-state index contributed by atoms with van der Waals surface area (Å²) in [6.07, 6.45) is 1.01. The van der Waals surface area contributed by atoms with E-state index in [2.05, 4.69) is 41.9 Å². The molecule has 174 valence electrons. The van der Waals surface area contributed by atoms with E-state index in [1.807, 2.05) is 0 Å². The van der Waals surface area contributed by atoms with Gasteiger partial charge in [-0.25, -0.2) is 16.8 Å². The van der Waals surface area contributed by atoms with Crippen LogP contribution in [-0.4, -0.2) is 35.5 Å². The first-order chi connectivity index (χ1) is 15.5. The number of carbonyl (C=O) groups excluding carboxylic acids is 1. The molecule has 0 bridgehead atoms. The number of rotatable bonds is 8. The molecular weight excluding hydrogens is 598 g/mol. The lowest BCUT2D eigenvalue weighted by atomic mass is 10.3. The Hall–Kier alpha value is -2.41. The van der Waals surface area contributed by atoms with Gasteiger partial charge in [-0.1, -0.05) is 28.1 Å². The normalized spacial score (nSPS) is 11.6. The van der Waals surface area contributed by atoms with Gasteiger partial charge < -0.3 is 5.32 Å². The lowest BCUT2D eigenvalue weighted by Gasteiger charge is -2.23. The molecule has 3 rings (SSSR count). The molecule has 3 aromatic carbocycles. The fourth-order valence-corrected chi connectivity index (χ4v) is 5.62. The number of halogens is 2. The first-order valence-electron chi connectivity index (χ1n) is 9.36. The average molecular weight is 617 g/mol. The first-order valence-corrected chi connectivity index (χ1v) is 14.3. The molecule has 8 nitrogen and oxygen atoms in total. The molecule has 0 fully saturated rings. The summed E-state index contributed by atoms with van der Waals surface area (Å²) < 4.78 is 54.4. The SMILES string of the molecule is CS(=O)(=O)N(CC(=O)Nc1ccc(S(=O)(=O)Nc2ccc(Br)cc2)cc1)c1ccccc1Br. The number of para-hydroxylation sites is 1. The highest BCUT2D eigenvalue weighted by atomic mass is 79.9. The van der Waals surface area contributed by atoms with Gasteiger partial charge in [0.25, 0.3) is 10.0 Å². The number of carbonyl (C=O) groups is 1. The van der Waals surface area contributed by atoms with Crippen LogP contribution in [0, 0.1) is 0 Å². The molecule has 3 aromatic rings. The minimum Gasteiger partial charge on any atom is -0.325 e. The first kappa shape index (κ1) is 25.2. The Bertz CT molecular complexity index is 1360. The summed E-state index contributed by atoms with van der Waals surface area (Å²) in [5.41, 5.74) is 1.06. The van der Waals surface area contributed by atoms with Crippen molar-refractivity contribution in [2.24, 2.45) is 0 Å². The molecule has 0 spiro atoms. The van der Waals surface area contributed by atoms with Crippen molar-refractivity contribution in [1.82, 2.24) is 0 Å². The maximum atomic E-state index is 12.6. The van der Waals surface area contributed by atoms with Gasteiger partial charge in [0.15, 0.2) is 0 Å². The van der Waals surface area contributed by atoms with Crippen LogP contribution in [0.4, 0.5) is 17.1 Å². The van der Waals surface area contributed by atoms with Crippen molar-refractivity contribution in [3.8, 4) is 0 Å². The van der Waals surface area contributed by atoms with Gasteiger partial charge in [-0.3, -0.25) is 13.8 Å². The van der Waals surface area contributed by atoms with Crippen molar-refractivity contribution in [2.75, 3.05) is 27.1 Å². The standard InChI is InChI=1S/C21H19Br2N3O5S2/c1-32(28,29)26(20-5-3-2-4-19(20)23)14-21(27)24-16-10-12-18(13-11-16)33(30,31)25-17-8-6-15(22)7-9-17/h2-13,25H,14H2,1H3,(H,24,27). The quantitative estimate of drug-likeness (QED) is 0.389. The molecule has 33 heavy (non-hydrogen) atoms. The Balaban J connectivity index is 1.71. The van der Waals surface area contributed by atoms with Gasteiger partial charge in [-0.15, -0.1) is 0 Å². The summed E-state index contributed by atoms with van der Waals surface area (Å²) in [6, 6.07) is 18.9. The Morgan fingerprint density at radius 1 is 0.848 bits per heavy atom. The van der Waals surface area contributed by atoms with Gasteiger partial charge in [0, 0.05) is 20.3 Å². The van der Waals surface area contributed by atoms with Crippen molar-refractivity contribution < 1.29 is 21.6 Å². The van der Waals surface area contributed by atoms with Crippen molar-refractivity contribution >= 4 is 74.9 Å². The number of anilines is 3. The van der Waals surface area contributed by atoms with Crippen LogP contribution >= 0.6 is 31.9 Å². The molecule has 0 saturated heterocycles. The highest BCUT2D eigenvalue weighted by Crippen LogP contribution is 2.27. The molecule has 0 saturated carbocycles. The number of nitrogens with one attached hydrogen (secondary N) is 2. The Labute approximate surface area is 209 Å². The maximum absolute atomic E-state index is 12.6. The topological polar surface area (TPSA) is 113 Å². The molecule has 12 heteroatoms. The van der Waals surface area contributed by atoms with E-state index in [4.69, 9.17) is 0 Å². The zero-order valence-electron chi connectivity index (χ0n) is 17.2. The number of sulfonamides is 2. The molecule has 0 aromatic heterocycles. The number of hydrogen-bond donors (Lipinski definition) is 2. The van der Waals surface area contributed by atoms with Crippen molar-refractivity contribution in [2.45, 2.75) is 4.90 Å². The van der Waals surface area contributed by atoms with E-state index in [1.54, 1.807) is 48.5 Å². The van der Waals surface area contributed by atoms with E-state index in [0.717, 1.165) is 15.0 Å². The number of amides is 1. The van der Waals surface area contributed by atoms with Crippen molar-refractivity contribution in [1.29, 1.82) is 0 Å². The summed E-state index contributed by atoms with van der Waals surface area (Å²) in [5, 5.41) is 2.59. The van der Waals surface area contributed by atoms with Crippen LogP contribution in [-0.2, 0) is 24.8 Å². The maximum Gasteiger partial charge on any atom is 0.261 e. The third-order valence-electron chi connectivity index (χ3n) is 4.35. The molecule has 1 amide bonds. The minimum absolute atomic E-state index is 0.00870. The summed E-state index contributed by atoms with van der Waals surface area (Å²) in [5.74, 6) is -0.584. The molecular formula is C21H19Br2N3O5S2. The van der Waals surface area contributed by atoms with Crippen molar-refractivity contribution in [3.63, 3.8) is 0 Å². The summed E-state index contributed by atoms with van der Waals surface area (Å²) in [6.45, 7) is -0.452. The van der Waals surface area contributed by atoms with Crippen LogP contribution < -0.4 is 14.3 Å². The van der Waals surface area contributed by atoms with Crippen LogP contribution in [0.25, 0.3) is 0 Å². The minimum atomic E-state index is -3.82. The van der Waals surface area contributed by atoms with Gasteiger partial charge >= 0.3 is 0 Å². The molecule has 0 atom stereocenters. The predicted octanol–water partition coefficient (Wildman–Crippen LogP) is 4.42. The fraction of sp³-hybridized carbons (Fsp3) is 0.0952. The van der Waals surface area contributed by atoms with E-state index in [0.29, 0.717) is 21.5 Å². The van der Waals surface area contributed by atoms with E-state index in [1.165, 1.54) is 24.3 Å². The van der Waals surface area contributed by atoms with E-state index < -0.39 is 32.5 Å². The van der Waals surface area contributed by atoms with Crippen LogP contribution in [0.3, 0.4) is 0 Å². The lowest BCUT2D eigenvalue weighted by Crippen LogP contribution is -2.37. The second-order valence-electron chi connectivity index (χ2n) is 6.91. The zero-order valence-corrected chi connectivity index (χ0v) is 22.0. The second-order valence-corrected chi connectivity index (χ2v) is 12.3. The molecule has 0 aliphatic carbocycles. The highest BCUT2D eigenvalue weighted by Gasteiger charge is 2.23. The predicted molar refractivity (Wildman–Crippen MR) is 136 cm³/mol. The third kappa shape index (κ3) is 6.79. The van der Waals surface area contributed by atoms with Gasteiger partial charge in [0.1, 0.15) is 6.54 Å². The Morgan fingerprint density at radius 2 is 1.42 bits per heavy atom. The summed E-state index contributed by atoms with van der Waals surface area (Å²) >= 11 is 6.59. The molecule has 0 heterocycles. The molecule has 2 N–H and O–H groups in total. The van der Waals surface area contributed by atoms with Crippen LogP contribution in [0.1, 0.15) is 0 Å². The van der Waals surface area contributed by atoms with Crippen molar-refractivity contribution in [3.05, 3.63) is 81.7 Å². The number of nitrogens with zero attached hydrogens (tertiary/aromatic N) is 1. The Morgan fingerprint density at radius 3 is 2.00 bits per heavy atom. The molecule has 0 unspecified atom stereocenters. The van der Waals surface area contributed by atoms with Gasteiger partial charge in [0.05, 0.1) is 16.8 Å². The van der Waals surface area contributed by atoms with Gasteiger partial charge in [-0.05, 0) is 76.6 Å². The molecule has 0 radical (unpaired) electrons. The fourth-order valence-electron chi connectivity index (χ4n) is 2.82. The molecule has 0 aliphatic heterocycles. The summed E-state index contributed by atoms with van der Waals surface area (Å²) in [4.78, 5) is 12.5. The lowest BCUT2D eigenvalue weighted by molar-refractivity contribution is -0.114. The smallest absolute Gasteiger partial charge is 0.261 e. The van der Waals surface area contributed by atoms with Crippen LogP contribution in [0.5, 0.6) is 0 Å². The number of hydrogen-bond acceptors (Lipinski definition) is 5. The van der Waals surface area contributed by atoms with E-state index in [-0.39, 0.29) is 4.90 Å². The average Bonchev–Trinajstić information content (AvgIpc) is 2.74. The highest BCUT2D eigenvalue weighted by molar-refractivity contribution is 9.10. The number of benzene rings is 3. The van der Waals surface area contributed by atoms with E-state index in [9.17, 15) is 21.6 Å². The zero-order chi connectivity index (χ0) is 24.2. The second kappa shape index (κ2) is 10.2. The third-order valence-corrected chi connectivity index (χ3v) is 8.08. The monoisotopic (exact) mass is 615 g/mol. The van der Waals surface area contributed by atoms with E-state index >= 15 is 0 Å². The largest absolute Gasteiger partial charge is 0.325 e. The van der Waals surface area contributed by atoms with Crippen LogP contribution in [0.15, 0.2) is 86.6 Å². The van der Waals surface area contributed by atoms with Gasteiger partial charge in [-0.2, -0.15) is 0 Å².